The molecule has 8 heteroatoms. The highest BCUT2D eigenvalue weighted by atomic mass is 32.1. The lowest BCUT2D eigenvalue weighted by molar-refractivity contribution is -0.123. The lowest BCUT2D eigenvalue weighted by Crippen LogP contribution is -2.42. The molecule has 1 aromatic carbocycles. The largest absolute Gasteiger partial charge is 0.323 e. The predicted molar refractivity (Wildman–Crippen MR) is 139 cm³/mol. The minimum Gasteiger partial charge on any atom is -0.323 e. The number of hydrogen-bond acceptors (Lipinski definition) is 5. The Labute approximate surface area is 206 Å². The number of para-hydroxylation sites is 1. The van der Waals surface area contributed by atoms with Crippen LogP contribution in [0.4, 0.5) is 11.5 Å². The van der Waals surface area contributed by atoms with E-state index in [-0.39, 0.29) is 23.7 Å². The van der Waals surface area contributed by atoms with Crippen molar-refractivity contribution >= 4 is 35.9 Å². The summed E-state index contributed by atoms with van der Waals surface area (Å²) >= 11 is 4.26. The minimum atomic E-state index is -0.957. The maximum absolute atomic E-state index is 13.9. The van der Waals surface area contributed by atoms with E-state index in [0.29, 0.717) is 17.1 Å². The number of H-pyrrole nitrogens is 1. The second-order valence-electron chi connectivity index (χ2n) is 9.27. The third kappa shape index (κ3) is 5.67. The Hall–Kier alpha value is -3.13. The van der Waals surface area contributed by atoms with Gasteiger partial charge in [0.1, 0.15) is 6.04 Å². The van der Waals surface area contributed by atoms with Crippen molar-refractivity contribution in [1.29, 1.82) is 0 Å². The third-order valence-corrected chi connectivity index (χ3v) is 5.93. The van der Waals surface area contributed by atoms with E-state index in [9.17, 15) is 9.59 Å². The summed E-state index contributed by atoms with van der Waals surface area (Å²) in [6, 6.07) is 10.4. The molecule has 0 aliphatic carbocycles. The van der Waals surface area contributed by atoms with Crippen LogP contribution in [0.2, 0.25) is 0 Å². The number of hydrogen-bond donors (Lipinski definition) is 3. The molecule has 0 unspecified atom stereocenters. The van der Waals surface area contributed by atoms with Gasteiger partial charge in [-0.15, -0.1) is 0 Å². The Morgan fingerprint density at radius 1 is 1.21 bits per heavy atom. The Bertz CT molecular complexity index is 1140. The fraction of sp³-hybridized carbons (Fsp3) is 0.385. The number of carbonyl (C=O) groups excluding carboxylic acids is 2. The van der Waals surface area contributed by atoms with Crippen LogP contribution in [0.15, 0.2) is 48.8 Å². The van der Waals surface area contributed by atoms with Gasteiger partial charge >= 0.3 is 0 Å². The van der Waals surface area contributed by atoms with Crippen molar-refractivity contribution in [3.05, 3.63) is 71.2 Å². The Morgan fingerprint density at radius 2 is 1.97 bits per heavy atom. The first-order valence-electron chi connectivity index (χ1n) is 11.5. The van der Waals surface area contributed by atoms with Gasteiger partial charge in [0.2, 0.25) is 5.91 Å². The normalized spacial score (nSPS) is 12.3. The second-order valence-corrected chi connectivity index (χ2v) is 9.72. The maximum atomic E-state index is 13.9. The number of anilines is 2. The van der Waals surface area contributed by atoms with Crippen LogP contribution in [-0.2, 0) is 21.4 Å². The fourth-order valence-electron chi connectivity index (χ4n) is 3.79. The number of pyridine rings is 1. The van der Waals surface area contributed by atoms with Gasteiger partial charge in [-0.1, -0.05) is 52.0 Å². The summed E-state index contributed by atoms with van der Waals surface area (Å²) in [6.45, 7) is 10.2. The smallest absolute Gasteiger partial charge is 0.252 e. The number of aromatic nitrogens is 3. The summed E-state index contributed by atoms with van der Waals surface area (Å²) in [5.74, 6) is 0.169. The summed E-state index contributed by atoms with van der Waals surface area (Å²) in [5, 5.41) is 10.6. The highest BCUT2D eigenvalue weighted by Gasteiger charge is 2.35. The van der Waals surface area contributed by atoms with E-state index in [1.165, 1.54) is 4.90 Å². The topological polar surface area (TPSA) is 91.0 Å². The molecule has 0 spiro atoms. The Morgan fingerprint density at radius 3 is 2.56 bits per heavy atom. The van der Waals surface area contributed by atoms with Crippen molar-refractivity contribution in [2.45, 2.75) is 58.9 Å². The molecule has 0 fully saturated rings. The van der Waals surface area contributed by atoms with E-state index in [1.54, 1.807) is 24.5 Å². The highest BCUT2D eigenvalue weighted by Crippen LogP contribution is 2.32. The van der Waals surface area contributed by atoms with Gasteiger partial charge in [-0.05, 0) is 36.3 Å². The van der Waals surface area contributed by atoms with Crippen LogP contribution in [0, 0.1) is 6.92 Å². The number of nitrogens with one attached hydrogen (secondary N) is 2. The predicted octanol–water partition coefficient (Wildman–Crippen LogP) is 5.01. The number of benzene rings is 1. The lowest BCUT2D eigenvalue weighted by atomic mass is 9.92. The van der Waals surface area contributed by atoms with Crippen LogP contribution in [0.3, 0.4) is 0 Å². The highest BCUT2D eigenvalue weighted by molar-refractivity contribution is 7.80. The van der Waals surface area contributed by atoms with E-state index in [1.807, 2.05) is 38.1 Å². The van der Waals surface area contributed by atoms with Gasteiger partial charge in [0.25, 0.3) is 5.91 Å². The molecule has 2 amide bonds. The van der Waals surface area contributed by atoms with Crippen LogP contribution in [-0.4, -0.2) is 32.7 Å². The molecule has 0 radical (unpaired) electrons. The first-order valence-corrected chi connectivity index (χ1v) is 12.1. The SMILES string of the molecule is CCc1cccc(C)c1NC(=O)[C@@H](c1cccnc1)N(C(=O)CCS)c1cc(C(C)(C)C)[nH]n1. The van der Waals surface area contributed by atoms with E-state index < -0.39 is 6.04 Å². The van der Waals surface area contributed by atoms with Crippen LogP contribution in [0.1, 0.15) is 62.5 Å². The number of carbonyl (C=O) groups is 2. The van der Waals surface area contributed by atoms with Gasteiger partial charge in [0, 0.05) is 47.2 Å². The number of rotatable bonds is 8. The van der Waals surface area contributed by atoms with E-state index in [2.05, 4.69) is 53.9 Å². The van der Waals surface area contributed by atoms with E-state index >= 15 is 0 Å². The second kappa shape index (κ2) is 10.9. The van der Waals surface area contributed by atoms with Gasteiger partial charge in [0.05, 0.1) is 0 Å². The molecule has 34 heavy (non-hydrogen) atoms. The monoisotopic (exact) mass is 479 g/mol. The summed E-state index contributed by atoms with van der Waals surface area (Å²) in [4.78, 5) is 32.9. The first-order chi connectivity index (χ1) is 16.2. The molecule has 0 saturated heterocycles. The van der Waals surface area contributed by atoms with Gasteiger partial charge < -0.3 is 5.32 Å². The summed E-state index contributed by atoms with van der Waals surface area (Å²) in [7, 11) is 0. The third-order valence-electron chi connectivity index (χ3n) is 5.71. The zero-order valence-electron chi connectivity index (χ0n) is 20.4. The van der Waals surface area contributed by atoms with Gasteiger partial charge in [-0.25, -0.2) is 0 Å². The number of amides is 2. The molecule has 1 atom stereocenters. The van der Waals surface area contributed by atoms with Crippen molar-refractivity contribution < 1.29 is 9.59 Å². The van der Waals surface area contributed by atoms with Crippen molar-refractivity contribution in [3.8, 4) is 0 Å². The molecule has 0 aliphatic heterocycles. The number of aryl methyl sites for hydroxylation is 2. The molecule has 3 rings (SSSR count). The van der Waals surface area contributed by atoms with E-state index in [0.717, 1.165) is 28.9 Å². The Balaban J connectivity index is 2.12. The Kier molecular flexibility index (Phi) is 8.15. The summed E-state index contributed by atoms with van der Waals surface area (Å²) in [5.41, 5.74) is 4.01. The molecule has 7 nitrogen and oxygen atoms in total. The number of nitrogens with zero attached hydrogens (tertiary/aromatic N) is 3. The quantitative estimate of drug-likeness (QED) is 0.396. The van der Waals surface area contributed by atoms with Crippen LogP contribution in [0.5, 0.6) is 0 Å². The molecule has 180 valence electrons. The molecule has 2 aromatic heterocycles. The van der Waals surface area contributed by atoms with Crippen molar-refractivity contribution in [2.75, 3.05) is 16.0 Å². The summed E-state index contributed by atoms with van der Waals surface area (Å²) in [6.07, 6.45) is 4.18. The standard InChI is InChI=1S/C26H33N5O2S/c1-6-18-10-7-9-17(2)23(18)28-25(33)24(19-11-8-13-27-16-19)31(22(32)12-14-34)21-15-20(29-30-21)26(3,4)5/h7-11,13,15-16,24,34H,6,12,14H2,1-5H3,(H,28,33)(H,29,30)/t24-/m1/s1. The summed E-state index contributed by atoms with van der Waals surface area (Å²) < 4.78 is 0. The average Bonchev–Trinajstić information content (AvgIpc) is 3.29. The lowest BCUT2D eigenvalue weighted by Gasteiger charge is -2.30. The zero-order chi connectivity index (χ0) is 24.9. The van der Waals surface area contributed by atoms with Crippen molar-refractivity contribution in [3.63, 3.8) is 0 Å². The molecule has 3 aromatic rings. The van der Waals surface area contributed by atoms with Crippen molar-refractivity contribution in [1.82, 2.24) is 15.2 Å². The molecule has 2 N–H and O–H groups in total. The number of aromatic amines is 1. The van der Waals surface area contributed by atoms with Gasteiger partial charge in [-0.2, -0.15) is 17.7 Å². The minimum absolute atomic E-state index is 0.162. The van der Waals surface area contributed by atoms with Gasteiger partial charge in [0.15, 0.2) is 5.82 Å². The maximum Gasteiger partial charge on any atom is 0.252 e. The first kappa shape index (κ1) is 25.5. The van der Waals surface area contributed by atoms with Crippen molar-refractivity contribution in [2.24, 2.45) is 0 Å². The molecular formula is C26H33N5O2S. The zero-order valence-corrected chi connectivity index (χ0v) is 21.3. The molecule has 0 bridgehead atoms. The van der Waals surface area contributed by atoms with Crippen LogP contribution >= 0.6 is 12.6 Å². The average molecular weight is 480 g/mol. The molecule has 0 aliphatic rings. The molecular weight excluding hydrogens is 446 g/mol. The molecule has 0 saturated carbocycles. The molecule has 2 heterocycles. The number of thiol groups is 1. The fourth-order valence-corrected chi connectivity index (χ4v) is 3.98. The van der Waals surface area contributed by atoms with Crippen LogP contribution < -0.4 is 10.2 Å². The van der Waals surface area contributed by atoms with Gasteiger partial charge in [-0.3, -0.25) is 24.6 Å². The van der Waals surface area contributed by atoms with Crippen LogP contribution in [0.25, 0.3) is 0 Å². The van der Waals surface area contributed by atoms with E-state index in [4.69, 9.17) is 0 Å².